The topological polar surface area (TPSA) is 90.2 Å². The molecule has 1 atom stereocenters. The molecule has 0 radical (unpaired) electrons. The van der Waals surface area contributed by atoms with Gasteiger partial charge in [-0.2, -0.15) is 14.7 Å². The molecular weight excluding hydrogens is 388 g/mol. The summed E-state index contributed by atoms with van der Waals surface area (Å²) in [6.45, 7) is 0.354. The first-order chi connectivity index (χ1) is 14.3. The lowest BCUT2D eigenvalue weighted by atomic mass is 10.1. The molecule has 0 aliphatic carbocycles. The van der Waals surface area contributed by atoms with E-state index in [9.17, 15) is 0 Å². The number of aromatic nitrogens is 6. The van der Waals surface area contributed by atoms with Crippen molar-refractivity contribution in [3.8, 4) is 33.5 Å². The maximum Gasteiger partial charge on any atom is 0.235 e. The molecule has 5 aromatic rings. The third-order valence-corrected chi connectivity index (χ3v) is 5.62. The fraction of sp³-hybridized carbons (Fsp3) is 0.100. The van der Waals surface area contributed by atoms with E-state index in [1.54, 1.807) is 4.52 Å². The van der Waals surface area contributed by atoms with Gasteiger partial charge in [0, 0.05) is 5.56 Å². The summed E-state index contributed by atoms with van der Waals surface area (Å²) in [7, 11) is 0. The van der Waals surface area contributed by atoms with Crippen LogP contribution in [0.1, 0.15) is 11.9 Å². The van der Waals surface area contributed by atoms with E-state index in [-0.39, 0.29) is 6.10 Å². The van der Waals surface area contributed by atoms with E-state index in [4.69, 9.17) is 9.47 Å². The van der Waals surface area contributed by atoms with Gasteiger partial charge in [-0.15, -0.1) is 10.2 Å². The van der Waals surface area contributed by atoms with E-state index < -0.39 is 0 Å². The van der Waals surface area contributed by atoms with Crippen LogP contribution in [0.3, 0.4) is 0 Å². The summed E-state index contributed by atoms with van der Waals surface area (Å²) in [5, 5.41) is 21.5. The fourth-order valence-corrected chi connectivity index (χ4v) is 4.09. The van der Waals surface area contributed by atoms with Gasteiger partial charge in [0.2, 0.25) is 4.96 Å². The minimum absolute atomic E-state index is 0.354. The van der Waals surface area contributed by atoms with E-state index in [0.29, 0.717) is 23.1 Å². The third-order valence-electron chi connectivity index (χ3n) is 4.69. The summed E-state index contributed by atoms with van der Waals surface area (Å²) < 4.78 is 13.6. The minimum Gasteiger partial charge on any atom is -0.485 e. The molecule has 0 saturated heterocycles. The van der Waals surface area contributed by atoms with Gasteiger partial charge >= 0.3 is 0 Å². The van der Waals surface area contributed by atoms with E-state index in [0.717, 1.165) is 27.7 Å². The summed E-state index contributed by atoms with van der Waals surface area (Å²) >= 11 is 1.44. The molecule has 9 heteroatoms. The van der Waals surface area contributed by atoms with Gasteiger partial charge in [-0.05, 0) is 18.2 Å². The summed E-state index contributed by atoms with van der Waals surface area (Å²) in [5.41, 5.74) is 2.74. The van der Waals surface area contributed by atoms with Crippen molar-refractivity contribution in [2.75, 3.05) is 6.61 Å². The smallest absolute Gasteiger partial charge is 0.235 e. The Morgan fingerprint density at radius 3 is 2.72 bits per heavy atom. The Morgan fingerprint density at radius 1 is 1.00 bits per heavy atom. The van der Waals surface area contributed by atoms with Gasteiger partial charge in [-0.3, -0.25) is 5.10 Å². The number of hydrogen-bond donors (Lipinski definition) is 1. The lowest BCUT2D eigenvalue weighted by Gasteiger charge is -2.24. The molecule has 1 N–H and O–H groups in total. The van der Waals surface area contributed by atoms with Crippen LogP contribution < -0.4 is 9.47 Å². The number of H-pyrrole nitrogens is 1. The molecule has 0 bridgehead atoms. The van der Waals surface area contributed by atoms with E-state index in [1.165, 1.54) is 11.3 Å². The molecule has 2 aromatic carbocycles. The Morgan fingerprint density at radius 2 is 1.83 bits per heavy atom. The van der Waals surface area contributed by atoms with Crippen LogP contribution in [0.4, 0.5) is 0 Å². The lowest BCUT2D eigenvalue weighted by molar-refractivity contribution is 0.0836. The van der Waals surface area contributed by atoms with Crippen LogP contribution in [0.5, 0.6) is 11.5 Å². The van der Waals surface area contributed by atoms with Crippen molar-refractivity contribution in [3.05, 3.63) is 66.5 Å². The molecule has 0 saturated carbocycles. The zero-order valence-corrected chi connectivity index (χ0v) is 15.8. The van der Waals surface area contributed by atoms with Gasteiger partial charge < -0.3 is 9.47 Å². The highest BCUT2D eigenvalue weighted by atomic mass is 32.1. The molecule has 1 aliphatic heterocycles. The molecular formula is C20H14N6O2S. The van der Waals surface area contributed by atoms with Crippen LogP contribution in [-0.2, 0) is 0 Å². The van der Waals surface area contributed by atoms with Crippen molar-refractivity contribution in [1.29, 1.82) is 0 Å². The van der Waals surface area contributed by atoms with E-state index in [2.05, 4.69) is 25.5 Å². The van der Waals surface area contributed by atoms with Gasteiger partial charge in [-0.1, -0.05) is 53.8 Å². The normalized spacial score (nSPS) is 15.7. The highest BCUT2D eigenvalue weighted by molar-refractivity contribution is 7.19. The third kappa shape index (κ3) is 2.74. The number of ether oxygens (including phenoxy) is 2. The van der Waals surface area contributed by atoms with Crippen LogP contribution >= 0.6 is 11.3 Å². The van der Waals surface area contributed by atoms with Crippen molar-refractivity contribution in [2.24, 2.45) is 0 Å². The zero-order valence-electron chi connectivity index (χ0n) is 15.0. The Balaban J connectivity index is 1.33. The summed E-state index contributed by atoms with van der Waals surface area (Å²) in [4.78, 5) is 0.688. The number of aromatic amines is 1. The molecule has 4 heterocycles. The highest BCUT2D eigenvalue weighted by Gasteiger charge is 2.28. The molecule has 3 aromatic heterocycles. The van der Waals surface area contributed by atoms with Gasteiger partial charge in [0.1, 0.15) is 6.61 Å². The maximum absolute atomic E-state index is 6.06. The molecule has 0 amide bonds. The first kappa shape index (κ1) is 16.3. The average Bonchev–Trinajstić information content (AvgIpc) is 3.49. The number of hydrogen-bond acceptors (Lipinski definition) is 7. The van der Waals surface area contributed by atoms with Crippen LogP contribution in [-0.4, -0.2) is 36.6 Å². The van der Waals surface area contributed by atoms with Crippen LogP contribution in [0, 0.1) is 0 Å². The molecule has 1 aliphatic rings. The van der Waals surface area contributed by atoms with Crippen molar-refractivity contribution < 1.29 is 9.47 Å². The number of fused-ring (bicyclic) bond motifs is 2. The Bertz CT molecular complexity index is 1310. The van der Waals surface area contributed by atoms with Crippen LogP contribution in [0.15, 0.2) is 60.7 Å². The van der Waals surface area contributed by atoms with Crippen LogP contribution in [0.25, 0.3) is 26.9 Å². The summed E-state index contributed by atoms with van der Waals surface area (Å²) in [6.07, 6.45) is -0.378. The highest BCUT2D eigenvalue weighted by Crippen LogP contribution is 2.36. The molecule has 0 fully saturated rings. The Kier molecular flexibility index (Phi) is 3.60. The number of para-hydroxylation sites is 2. The van der Waals surface area contributed by atoms with Crippen LogP contribution in [0.2, 0.25) is 0 Å². The molecule has 6 rings (SSSR count). The van der Waals surface area contributed by atoms with Crippen molar-refractivity contribution in [1.82, 2.24) is 30.0 Å². The number of rotatable bonds is 3. The first-order valence-electron chi connectivity index (χ1n) is 9.07. The second-order valence-corrected chi connectivity index (χ2v) is 7.51. The van der Waals surface area contributed by atoms with Gasteiger partial charge in [-0.25, -0.2) is 0 Å². The number of nitrogens with one attached hydrogen (secondary N) is 1. The molecule has 1 unspecified atom stereocenters. The SMILES string of the molecule is c1ccc(-c2cc(-c3nn4c(C5COc6ccccc6O5)nnc4s3)[nH]n2)cc1. The second-order valence-electron chi connectivity index (χ2n) is 6.56. The Labute approximate surface area is 168 Å². The fourth-order valence-electron chi connectivity index (χ4n) is 3.28. The predicted octanol–water partition coefficient (Wildman–Crippen LogP) is 3.76. The average molecular weight is 402 g/mol. The van der Waals surface area contributed by atoms with Crippen molar-refractivity contribution in [3.63, 3.8) is 0 Å². The lowest BCUT2D eigenvalue weighted by Crippen LogP contribution is -2.23. The van der Waals surface area contributed by atoms with Crippen molar-refractivity contribution >= 4 is 16.3 Å². The largest absolute Gasteiger partial charge is 0.485 e. The van der Waals surface area contributed by atoms with Gasteiger partial charge in [0.05, 0.1) is 11.4 Å². The molecule has 0 spiro atoms. The molecule has 29 heavy (non-hydrogen) atoms. The summed E-state index contributed by atoms with van der Waals surface area (Å²) in [5.74, 6) is 2.03. The first-order valence-corrected chi connectivity index (χ1v) is 9.88. The number of nitrogens with zero attached hydrogens (tertiary/aromatic N) is 5. The maximum atomic E-state index is 6.06. The van der Waals surface area contributed by atoms with E-state index in [1.807, 2.05) is 60.7 Å². The number of benzene rings is 2. The minimum atomic E-state index is -0.378. The second kappa shape index (κ2) is 6.42. The molecule has 142 valence electrons. The quantitative estimate of drug-likeness (QED) is 0.494. The van der Waals surface area contributed by atoms with Crippen molar-refractivity contribution in [2.45, 2.75) is 6.10 Å². The summed E-state index contributed by atoms with van der Waals surface area (Å²) in [6, 6.07) is 19.6. The Hall–Kier alpha value is -3.72. The molecule has 8 nitrogen and oxygen atoms in total. The van der Waals surface area contributed by atoms with Gasteiger partial charge in [0.25, 0.3) is 0 Å². The predicted molar refractivity (Wildman–Crippen MR) is 107 cm³/mol. The zero-order chi connectivity index (χ0) is 19.2. The van der Waals surface area contributed by atoms with E-state index >= 15 is 0 Å². The van der Waals surface area contributed by atoms with Gasteiger partial charge in [0.15, 0.2) is 28.4 Å². The standard InChI is InChI=1S/C20H14N6O2S/c1-2-6-12(7-3-1)13-10-14(22-21-13)19-25-26-18(23-24-20(26)29-19)17-11-27-15-8-4-5-9-16(15)28-17/h1-10,17H,11H2,(H,21,22). The monoisotopic (exact) mass is 402 g/mol.